The van der Waals surface area contributed by atoms with Crippen LogP contribution in [0.15, 0.2) is 88.5 Å². The van der Waals surface area contributed by atoms with E-state index in [2.05, 4.69) is 5.32 Å². The lowest BCUT2D eigenvalue weighted by Crippen LogP contribution is -2.42. The summed E-state index contributed by atoms with van der Waals surface area (Å²) in [6, 6.07) is 24.2. The van der Waals surface area contributed by atoms with E-state index in [0.29, 0.717) is 24.1 Å². The van der Waals surface area contributed by atoms with Gasteiger partial charge in [-0.2, -0.15) is 0 Å². The average molecular weight is 444 g/mol. The maximum Gasteiger partial charge on any atom is 0.331 e. The number of ether oxygens (including phenoxy) is 1. The van der Waals surface area contributed by atoms with Crippen LogP contribution in [0.25, 0.3) is 10.9 Å². The van der Waals surface area contributed by atoms with Gasteiger partial charge in [-0.1, -0.05) is 54.6 Å². The van der Waals surface area contributed by atoms with Gasteiger partial charge in [0.2, 0.25) is 5.91 Å². The molecule has 0 saturated heterocycles. The number of hydrogen-bond donors (Lipinski definition) is 1. The van der Waals surface area contributed by atoms with Gasteiger partial charge >= 0.3 is 5.69 Å². The Labute approximate surface area is 190 Å². The molecule has 1 aromatic heterocycles. The molecular weight excluding hydrogens is 418 g/mol. The SMILES string of the molecule is CCn1c(=O)c2ccccc2n(CC(=O)NCc2ccc(OCc3ccccc3)cc2)c1=O. The van der Waals surface area contributed by atoms with Crippen LogP contribution in [0, 0.1) is 0 Å². The number of fused-ring (bicyclic) bond motifs is 1. The Morgan fingerprint density at radius 2 is 1.55 bits per heavy atom. The van der Waals surface area contributed by atoms with Crippen molar-refractivity contribution < 1.29 is 9.53 Å². The highest BCUT2D eigenvalue weighted by Gasteiger charge is 2.14. The summed E-state index contributed by atoms with van der Waals surface area (Å²) in [7, 11) is 0. The van der Waals surface area contributed by atoms with E-state index >= 15 is 0 Å². The summed E-state index contributed by atoms with van der Waals surface area (Å²) >= 11 is 0. The number of para-hydroxylation sites is 1. The van der Waals surface area contributed by atoms with E-state index in [9.17, 15) is 14.4 Å². The normalized spacial score (nSPS) is 10.8. The smallest absolute Gasteiger partial charge is 0.331 e. The minimum absolute atomic E-state index is 0.169. The lowest BCUT2D eigenvalue weighted by molar-refractivity contribution is -0.121. The maximum atomic E-state index is 12.8. The molecule has 0 atom stereocenters. The third kappa shape index (κ3) is 5.03. The van der Waals surface area contributed by atoms with Crippen LogP contribution in [0.1, 0.15) is 18.1 Å². The predicted octanol–water partition coefficient (Wildman–Crippen LogP) is 3.08. The average Bonchev–Trinajstić information content (AvgIpc) is 2.85. The van der Waals surface area contributed by atoms with Crippen LogP contribution in [0.3, 0.4) is 0 Å². The quantitative estimate of drug-likeness (QED) is 0.454. The summed E-state index contributed by atoms with van der Waals surface area (Å²) in [4.78, 5) is 37.9. The molecule has 4 rings (SSSR count). The number of amides is 1. The molecule has 0 aliphatic carbocycles. The van der Waals surface area contributed by atoms with Crippen molar-refractivity contribution in [1.82, 2.24) is 14.5 Å². The summed E-state index contributed by atoms with van der Waals surface area (Å²) in [6.07, 6.45) is 0. The first-order valence-corrected chi connectivity index (χ1v) is 10.8. The zero-order valence-electron chi connectivity index (χ0n) is 18.4. The largest absolute Gasteiger partial charge is 0.489 e. The zero-order valence-corrected chi connectivity index (χ0v) is 18.4. The highest BCUT2D eigenvalue weighted by molar-refractivity contribution is 5.81. The molecule has 1 heterocycles. The molecule has 168 valence electrons. The van der Waals surface area contributed by atoms with Crippen molar-refractivity contribution >= 4 is 16.8 Å². The van der Waals surface area contributed by atoms with Crippen LogP contribution in [0.2, 0.25) is 0 Å². The number of carbonyl (C=O) groups excluding carboxylic acids is 1. The number of benzene rings is 3. The van der Waals surface area contributed by atoms with Crippen LogP contribution in [0.5, 0.6) is 5.75 Å². The molecule has 1 N–H and O–H groups in total. The van der Waals surface area contributed by atoms with Crippen molar-refractivity contribution in [3.8, 4) is 5.75 Å². The Hall–Kier alpha value is -4.13. The maximum absolute atomic E-state index is 12.8. The molecule has 4 aromatic rings. The molecule has 33 heavy (non-hydrogen) atoms. The van der Waals surface area contributed by atoms with Gasteiger partial charge in [-0.25, -0.2) is 4.79 Å². The van der Waals surface area contributed by atoms with Gasteiger partial charge in [-0.05, 0) is 42.3 Å². The Morgan fingerprint density at radius 1 is 0.848 bits per heavy atom. The van der Waals surface area contributed by atoms with Crippen LogP contribution in [-0.2, 0) is 31.0 Å². The molecule has 0 saturated carbocycles. The minimum atomic E-state index is -0.490. The monoisotopic (exact) mass is 443 g/mol. The standard InChI is InChI=1S/C26H25N3O4/c1-2-28-25(31)22-10-6-7-11-23(22)29(26(28)32)17-24(30)27-16-19-12-14-21(15-13-19)33-18-20-8-4-3-5-9-20/h3-15H,2,16-18H2,1H3,(H,27,30). The molecule has 0 aliphatic rings. The number of nitrogens with zero attached hydrogens (tertiary/aromatic N) is 2. The first-order chi connectivity index (χ1) is 16.1. The number of hydrogen-bond acceptors (Lipinski definition) is 4. The van der Waals surface area contributed by atoms with E-state index in [1.54, 1.807) is 31.2 Å². The second-order valence-corrected chi connectivity index (χ2v) is 7.63. The molecule has 7 nitrogen and oxygen atoms in total. The van der Waals surface area contributed by atoms with E-state index < -0.39 is 5.69 Å². The van der Waals surface area contributed by atoms with E-state index in [1.807, 2.05) is 54.6 Å². The van der Waals surface area contributed by atoms with Crippen molar-refractivity contribution in [2.45, 2.75) is 33.2 Å². The first kappa shape index (κ1) is 22.1. The minimum Gasteiger partial charge on any atom is -0.489 e. The molecule has 7 heteroatoms. The highest BCUT2D eigenvalue weighted by atomic mass is 16.5. The molecule has 0 fully saturated rings. The summed E-state index contributed by atoms with van der Waals surface area (Å²) < 4.78 is 8.27. The number of aromatic nitrogens is 2. The fourth-order valence-corrected chi connectivity index (χ4v) is 3.65. The Kier molecular flexibility index (Phi) is 6.69. The Bertz CT molecular complexity index is 1370. The van der Waals surface area contributed by atoms with Crippen molar-refractivity contribution in [2.75, 3.05) is 0 Å². The van der Waals surface area contributed by atoms with Gasteiger partial charge in [-0.15, -0.1) is 0 Å². The molecule has 3 aromatic carbocycles. The lowest BCUT2D eigenvalue weighted by atomic mass is 10.2. The van der Waals surface area contributed by atoms with Crippen LogP contribution in [-0.4, -0.2) is 15.0 Å². The summed E-state index contributed by atoms with van der Waals surface area (Å²) in [6.45, 7) is 2.60. The molecular formula is C26H25N3O4. The van der Waals surface area contributed by atoms with Gasteiger partial charge < -0.3 is 10.1 Å². The molecule has 0 spiro atoms. The van der Waals surface area contributed by atoms with E-state index in [-0.39, 0.29) is 24.6 Å². The van der Waals surface area contributed by atoms with Gasteiger partial charge in [0, 0.05) is 13.1 Å². The summed E-state index contributed by atoms with van der Waals surface area (Å²) in [5.41, 5.74) is 1.62. The second-order valence-electron chi connectivity index (χ2n) is 7.63. The molecule has 0 aliphatic heterocycles. The molecule has 0 radical (unpaired) electrons. The van der Waals surface area contributed by atoms with E-state index in [1.165, 1.54) is 4.57 Å². The highest BCUT2D eigenvalue weighted by Crippen LogP contribution is 2.14. The van der Waals surface area contributed by atoms with Gasteiger partial charge in [0.1, 0.15) is 18.9 Å². The lowest BCUT2D eigenvalue weighted by Gasteiger charge is -2.13. The van der Waals surface area contributed by atoms with Crippen molar-refractivity contribution in [3.05, 3.63) is 111 Å². The van der Waals surface area contributed by atoms with E-state index in [4.69, 9.17) is 4.74 Å². The van der Waals surface area contributed by atoms with Crippen LogP contribution in [0.4, 0.5) is 0 Å². The fourth-order valence-electron chi connectivity index (χ4n) is 3.65. The van der Waals surface area contributed by atoms with Gasteiger partial charge in [0.25, 0.3) is 5.56 Å². The third-order valence-corrected chi connectivity index (χ3v) is 5.41. The Balaban J connectivity index is 1.40. The molecule has 1 amide bonds. The number of nitrogens with one attached hydrogen (secondary N) is 1. The van der Waals surface area contributed by atoms with Crippen molar-refractivity contribution in [2.24, 2.45) is 0 Å². The zero-order chi connectivity index (χ0) is 23.2. The summed E-state index contributed by atoms with van der Waals surface area (Å²) in [5, 5.41) is 3.26. The summed E-state index contributed by atoms with van der Waals surface area (Å²) in [5.74, 6) is 0.432. The van der Waals surface area contributed by atoms with Gasteiger partial charge in [-0.3, -0.25) is 18.7 Å². The number of rotatable bonds is 8. The second kappa shape index (κ2) is 9.99. The third-order valence-electron chi connectivity index (χ3n) is 5.41. The topological polar surface area (TPSA) is 82.3 Å². The van der Waals surface area contributed by atoms with Gasteiger partial charge in [0.05, 0.1) is 10.9 Å². The number of carbonyl (C=O) groups is 1. The van der Waals surface area contributed by atoms with Crippen molar-refractivity contribution in [1.29, 1.82) is 0 Å². The Morgan fingerprint density at radius 3 is 2.27 bits per heavy atom. The van der Waals surface area contributed by atoms with Crippen LogP contribution >= 0.6 is 0 Å². The fraction of sp³-hybridized carbons (Fsp3) is 0.192. The molecule has 0 unspecified atom stereocenters. The first-order valence-electron chi connectivity index (χ1n) is 10.8. The van der Waals surface area contributed by atoms with Crippen molar-refractivity contribution in [3.63, 3.8) is 0 Å². The van der Waals surface area contributed by atoms with E-state index in [0.717, 1.165) is 21.4 Å². The van der Waals surface area contributed by atoms with Crippen LogP contribution < -0.4 is 21.3 Å². The predicted molar refractivity (Wildman–Crippen MR) is 127 cm³/mol. The van der Waals surface area contributed by atoms with Gasteiger partial charge in [0.15, 0.2) is 0 Å². The molecule has 0 bridgehead atoms.